The van der Waals surface area contributed by atoms with Gasteiger partial charge < -0.3 is 15.1 Å². The molecule has 1 aliphatic rings. The molecule has 1 fully saturated rings. The number of halogens is 2. The van der Waals surface area contributed by atoms with Gasteiger partial charge in [-0.2, -0.15) is 5.10 Å². The summed E-state index contributed by atoms with van der Waals surface area (Å²) in [4.78, 5) is 20.4. The molecule has 0 saturated carbocycles. The molecule has 1 aromatic heterocycles. The van der Waals surface area contributed by atoms with Gasteiger partial charge in [0, 0.05) is 38.4 Å². The zero-order chi connectivity index (χ0) is 19.4. The van der Waals surface area contributed by atoms with Crippen LogP contribution in [0, 0.1) is 11.6 Å². The highest BCUT2D eigenvalue weighted by Gasteiger charge is 2.27. The Morgan fingerprint density at radius 3 is 2.81 bits per heavy atom. The second kappa shape index (κ2) is 8.15. The van der Waals surface area contributed by atoms with Crippen LogP contribution in [0.3, 0.4) is 0 Å². The average Bonchev–Trinajstić information content (AvgIpc) is 3.07. The lowest BCUT2D eigenvalue weighted by molar-refractivity contribution is -0.120. The minimum absolute atomic E-state index is 0.0110. The van der Waals surface area contributed by atoms with E-state index in [2.05, 4.69) is 15.4 Å². The molecule has 0 spiro atoms. The molecule has 144 valence electrons. The normalized spacial score (nSPS) is 15.4. The summed E-state index contributed by atoms with van der Waals surface area (Å²) in [5.74, 6) is -0.586. The number of aliphatic imine (C=N–C) groups is 1. The van der Waals surface area contributed by atoms with E-state index in [9.17, 15) is 13.6 Å². The Morgan fingerprint density at radius 1 is 1.33 bits per heavy atom. The molecular weight excluding hydrogens is 354 g/mol. The molecule has 3 rings (SSSR count). The Kier molecular flexibility index (Phi) is 5.68. The Balaban J connectivity index is 1.72. The summed E-state index contributed by atoms with van der Waals surface area (Å²) in [7, 11) is 1.80. The number of carbonyl (C=O) groups excluding carboxylic acids is 1. The first-order chi connectivity index (χ1) is 13.0. The van der Waals surface area contributed by atoms with E-state index in [4.69, 9.17) is 0 Å². The second-order valence-electron chi connectivity index (χ2n) is 6.25. The SMILES string of the molecule is CCNC(=NCc1cc(F)ccc1F)N1CCN(c2cnn(C)c2)C(=O)C1. The number of aryl methyl sites for hydroxylation is 1. The lowest BCUT2D eigenvalue weighted by Crippen LogP contribution is -2.55. The van der Waals surface area contributed by atoms with E-state index in [1.165, 1.54) is 0 Å². The predicted molar refractivity (Wildman–Crippen MR) is 98.3 cm³/mol. The Hall–Kier alpha value is -2.97. The van der Waals surface area contributed by atoms with Gasteiger partial charge in [-0.1, -0.05) is 0 Å². The van der Waals surface area contributed by atoms with E-state index < -0.39 is 11.6 Å². The van der Waals surface area contributed by atoms with Gasteiger partial charge in [0.1, 0.15) is 18.2 Å². The second-order valence-corrected chi connectivity index (χ2v) is 6.25. The third-order valence-corrected chi connectivity index (χ3v) is 4.26. The minimum Gasteiger partial charge on any atom is -0.356 e. The van der Waals surface area contributed by atoms with Gasteiger partial charge in [-0.05, 0) is 25.1 Å². The molecule has 1 aliphatic heterocycles. The van der Waals surface area contributed by atoms with Crippen molar-refractivity contribution in [1.29, 1.82) is 0 Å². The van der Waals surface area contributed by atoms with Gasteiger partial charge in [0.2, 0.25) is 5.91 Å². The Bertz CT molecular complexity index is 850. The standard InChI is InChI=1S/C18H22F2N6O/c1-3-21-18(22-9-13-8-14(19)4-5-16(13)20)25-6-7-26(17(27)12-25)15-10-23-24(2)11-15/h4-5,8,10-11H,3,6-7,9,12H2,1-2H3,(H,21,22). The molecule has 1 N–H and O–H groups in total. The highest BCUT2D eigenvalue weighted by atomic mass is 19.1. The quantitative estimate of drug-likeness (QED) is 0.649. The van der Waals surface area contributed by atoms with E-state index in [-0.39, 0.29) is 24.6 Å². The number of hydrogen-bond acceptors (Lipinski definition) is 3. The fourth-order valence-corrected chi connectivity index (χ4v) is 2.93. The molecule has 27 heavy (non-hydrogen) atoms. The van der Waals surface area contributed by atoms with E-state index in [1.54, 1.807) is 29.0 Å². The summed E-state index contributed by atoms with van der Waals surface area (Å²) in [5, 5.41) is 7.20. The van der Waals surface area contributed by atoms with Crippen LogP contribution in [0.25, 0.3) is 0 Å². The van der Waals surface area contributed by atoms with Crippen molar-refractivity contribution in [1.82, 2.24) is 20.0 Å². The zero-order valence-corrected chi connectivity index (χ0v) is 15.3. The van der Waals surface area contributed by atoms with E-state index in [0.29, 0.717) is 25.6 Å². The zero-order valence-electron chi connectivity index (χ0n) is 15.3. The van der Waals surface area contributed by atoms with Crippen molar-refractivity contribution in [3.8, 4) is 0 Å². The summed E-state index contributed by atoms with van der Waals surface area (Å²) < 4.78 is 28.8. The van der Waals surface area contributed by atoms with Crippen molar-refractivity contribution >= 4 is 17.6 Å². The molecule has 0 unspecified atom stereocenters. The van der Waals surface area contributed by atoms with Crippen molar-refractivity contribution in [2.45, 2.75) is 13.5 Å². The number of piperazine rings is 1. The number of rotatable bonds is 4. The number of nitrogens with one attached hydrogen (secondary N) is 1. The van der Waals surface area contributed by atoms with Crippen molar-refractivity contribution in [3.05, 3.63) is 47.8 Å². The number of nitrogens with zero attached hydrogens (tertiary/aromatic N) is 5. The van der Waals surface area contributed by atoms with Gasteiger partial charge in [0.15, 0.2) is 5.96 Å². The first kappa shape index (κ1) is 18.8. The van der Waals surface area contributed by atoms with Gasteiger partial charge >= 0.3 is 0 Å². The summed E-state index contributed by atoms with van der Waals surface area (Å²) in [6, 6.07) is 3.29. The number of carbonyl (C=O) groups is 1. The van der Waals surface area contributed by atoms with Gasteiger partial charge in [0.25, 0.3) is 0 Å². The maximum atomic E-state index is 13.8. The van der Waals surface area contributed by atoms with Gasteiger partial charge in [0.05, 0.1) is 18.4 Å². The number of benzene rings is 1. The molecule has 1 saturated heterocycles. The molecule has 0 aliphatic carbocycles. The molecule has 1 amide bonds. The lowest BCUT2D eigenvalue weighted by Gasteiger charge is -2.35. The van der Waals surface area contributed by atoms with Gasteiger partial charge in [-0.15, -0.1) is 0 Å². The van der Waals surface area contributed by atoms with Gasteiger partial charge in [-0.25, -0.2) is 13.8 Å². The Labute approximate surface area is 156 Å². The Morgan fingerprint density at radius 2 is 2.15 bits per heavy atom. The van der Waals surface area contributed by atoms with Crippen LogP contribution in [0.2, 0.25) is 0 Å². The predicted octanol–water partition coefficient (Wildman–Crippen LogP) is 1.51. The van der Waals surface area contributed by atoms with Crippen LogP contribution in [0.1, 0.15) is 12.5 Å². The maximum Gasteiger partial charge on any atom is 0.246 e. The van der Waals surface area contributed by atoms with Crippen molar-refractivity contribution in [2.24, 2.45) is 12.0 Å². The van der Waals surface area contributed by atoms with Crippen molar-refractivity contribution in [3.63, 3.8) is 0 Å². The first-order valence-corrected chi connectivity index (χ1v) is 8.74. The van der Waals surface area contributed by atoms with Crippen LogP contribution in [-0.4, -0.2) is 52.7 Å². The molecule has 0 radical (unpaired) electrons. The minimum atomic E-state index is -0.508. The molecule has 2 aromatic rings. The smallest absolute Gasteiger partial charge is 0.246 e. The molecule has 2 heterocycles. The maximum absolute atomic E-state index is 13.8. The molecule has 0 bridgehead atoms. The first-order valence-electron chi connectivity index (χ1n) is 8.74. The van der Waals surface area contributed by atoms with Crippen LogP contribution >= 0.6 is 0 Å². The summed E-state index contributed by atoms with van der Waals surface area (Å²) in [6.45, 7) is 3.70. The number of anilines is 1. The van der Waals surface area contributed by atoms with Crippen molar-refractivity contribution < 1.29 is 13.6 Å². The van der Waals surface area contributed by atoms with Crippen LogP contribution in [0.5, 0.6) is 0 Å². The average molecular weight is 376 g/mol. The van der Waals surface area contributed by atoms with Crippen LogP contribution in [-0.2, 0) is 18.4 Å². The highest BCUT2D eigenvalue weighted by molar-refractivity contribution is 5.98. The number of guanidine groups is 1. The summed E-state index contributed by atoms with van der Waals surface area (Å²) >= 11 is 0. The third kappa shape index (κ3) is 4.42. The van der Waals surface area contributed by atoms with Crippen LogP contribution in [0.15, 0.2) is 35.6 Å². The molecule has 7 nitrogen and oxygen atoms in total. The van der Waals surface area contributed by atoms with E-state index in [0.717, 1.165) is 23.9 Å². The van der Waals surface area contributed by atoms with Crippen LogP contribution < -0.4 is 10.2 Å². The van der Waals surface area contributed by atoms with Crippen LogP contribution in [0.4, 0.5) is 14.5 Å². The topological polar surface area (TPSA) is 65.8 Å². The molecule has 0 atom stereocenters. The van der Waals surface area contributed by atoms with E-state index >= 15 is 0 Å². The number of amides is 1. The van der Waals surface area contributed by atoms with Crippen molar-refractivity contribution in [2.75, 3.05) is 31.1 Å². The molecular formula is C18H22F2N6O. The van der Waals surface area contributed by atoms with Gasteiger partial charge in [-0.3, -0.25) is 9.48 Å². The lowest BCUT2D eigenvalue weighted by atomic mass is 10.2. The fourth-order valence-electron chi connectivity index (χ4n) is 2.93. The van der Waals surface area contributed by atoms with E-state index in [1.807, 2.05) is 11.8 Å². The summed E-state index contributed by atoms with van der Waals surface area (Å²) in [6.07, 6.45) is 3.44. The fraction of sp³-hybridized carbons (Fsp3) is 0.389. The largest absolute Gasteiger partial charge is 0.356 e. The third-order valence-electron chi connectivity index (χ3n) is 4.26. The number of aromatic nitrogens is 2. The summed E-state index contributed by atoms with van der Waals surface area (Å²) in [5.41, 5.74) is 0.927. The monoisotopic (exact) mass is 376 g/mol. The highest BCUT2D eigenvalue weighted by Crippen LogP contribution is 2.16. The molecule has 9 heteroatoms. The number of hydrogen-bond donors (Lipinski definition) is 1. The molecule has 1 aromatic carbocycles.